The van der Waals surface area contributed by atoms with Crippen molar-refractivity contribution in [3.05, 3.63) is 35.9 Å². The Morgan fingerprint density at radius 3 is 2.56 bits per heavy atom. The van der Waals surface area contributed by atoms with Crippen molar-refractivity contribution >= 4 is 6.03 Å². The van der Waals surface area contributed by atoms with Crippen LogP contribution >= 0.6 is 0 Å². The SMILES string of the molecule is CCCCNC(=O)NCCC(N)c1ccccc1. The first-order valence-corrected chi connectivity index (χ1v) is 6.56. The van der Waals surface area contributed by atoms with E-state index < -0.39 is 0 Å². The van der Waals surface area contributed by atoms with Gasteiger partial charge in [0.15, 0.2) is 0 Å². The molecule has 1 rings (SSSR count). The number of unbranched alkanes of at least 4 members (excludes halogenated alkanes) is 1. The number of nitrogens with one attached hydrogen (secondary N) is 2. The third-order valence-corrected chi connectivity index (χ3v) is 2.78. The summed E-state index contributed by atoms with van der Waals surface area (Å²) < 4.78 is 0. The van der Waals surface area contributed by atoms with Gasteiger partial charge >= 0.3 is 6.03 Å². The molecule has 0 aromatic heterocycles. The smallest absolute Gasteiger partial charge is 0.314 e. The van der Waals surface area contributed by atoms with Crippen LogP contribution in [0.4, 0.5) is 4.79 Å². The molecule has 18 heavy (non-hydrogen) atoms. The van der Waals surface area contributed by atoms with E-state index in [9.17, 15) is 4.79 Å². The molecule has 1 aromatic carbocycles. The molecule has 0 heterocycles. The van der Waals surface area contributed by atoms with E-state index in [1.807, 2.05) is 30.3 Å². The number of hydrogen-bond acceptors (Lipinski definition) is 2. The highest BCUT2D eigenvalue weighted by atomic mass is 16.2. The monoisotopic (exact) mass is 249 g/mol. The van der Waals surface area contributed by atoms with Crippen LogP contribution in [0.2, 0.25) is 0 Å². The summed E-state index contributed by atoms with van der Waals surface area (Å²) in [7, 11) is 0. The van der Waals surface area contributed by atoms with Gasteiger partial charge in [-0.25, -0.2) is 4.79 Å². The number of carbonyl (C=O) groups is 1. The maximum absolute atomic E-state index is 11.4. The average Bonchev–Trinajstić information content (AvgIpc) is 2.40. The highest BCUT2D eigenvalue weighted by molar-refractivity contribution is 5.73. The van der Waals surface area contributed by atoms with E-state index >= 15 is 0 Å². The highest BCUT2D eigenvalue weighted by Crippen LogP contribution is 2.11. The molecule has 0 aliphatic heterocycles. The molecular weight excluding hydrogens is 226 g/mol. The van der Waals surface area contributed by atoms with Crippen LogP contribution in [0.3, 0.4) is 0 Å². The van der Waals surface area contributed by atoms with E-state index in [1.165, 1.54) is 0 Å². The van der Waals surface area contributed by atoms with Gasteiger partial charge in [0.05, 0.1) is 0 Å². The minimum absolute atomic E-state index is 0.0258. The molecule has 1 unspecified atom stereocenters. The van der Waals surface area contributed by atoms with Gasteiger partial charge in [-0.1, -0.05) is 43.7 Å². The summed E-state index contributed by atoms with van der Waals surface area (Å²) in [6, 6.07) is 9.79. The van der Waals surface area contributed by atoms with Crippen LogP contribution in [0.25, 0.3) is 0 Å². The number of benzene rings is 1. The van der Waals surface area contributed by atoms with Gasteiger partial charge in [-0.2, -0.15) is 0 Å². The van der Waals surface area contributed by atoms with Crippen molar-refractivity contribution in [2.75, 3.05) is 13.1 Å². The van der Waals surface area contributed by atoms with Gasteiger partial charge < -0.3 is 16.4 Å². The van der Waals surface area contributed by atoms with Crippen LogP contribution in [0.15, 0.2) is 30.3 Å². The zero-order valence-electron chi connectivity index (χ0n) is 11.0. The van der Waals surface area contributed by atoms with Gasteiger partial charge in [0.25, 0.3) is 0 Å². The third-order valence-electron chi connectivity index (χ3n) is 2.78. The lowest BCUT2D eigenvalue weighted by Gasteiger charge is -2.12. The van der Waals surface area contributed by atoms with Crippen LogP contribution in [0.1, 0.15) is 37.8 Å². The predicted octanol–water partition coefficient (Wildman–Crippen LogP) is 2.18. The maximum atomic E-state index is 11.4. The fraction of sp³-hybridized carbons (Fsp3) is 0.500. The van der Waals surface area contributed by atoms with Crippen LogP contribution in [-0.2, 0) is 0 Å². The highest BCUT2D eigenvalue weighted by Gasteiger charge is 2.05. The Hall–Kier alpha value is -1.55. The number of nitrogens with two attached hydrogens (primary N) is 1. The van der Waals surface area contributed by atoms with E-state index in [1.54, 1.807) is 0 Å². The Morgan fingerprint density at radius 1 is 1.22 bits per heavy atom. The largest absolute Gasteiger partial charge is 0.338 e. The van der Waals surface area contributed by atoms with Crippen molar-refractivity contribution in [1.29, 1.82) is 0 Å². The molecule has 0 spiro atoms. The number of hydrogen-bond donors (Lipinski definition) is 3. The molecule has 0 aliphatic carbocycles. The van der Waals surface area contributed by atoms with Gasteiger partial charge in [-0.15, -0.1) is 0 Å². The van der Waals surface area contributed by atoms with Crippen molar-refractivity contribution in [3.63, 3.8) is 0 Å². The maximum Gasteiger partial charge on any atom is 0.314 e. The zero-order chi connectivity index (χ0) is 13.2. The summed E-state index contributed by atoms with van der Waals surface area (Å²) in [5.41, 5.74) is 7.13. The Morgan fingerprint density at radius 2 is 1.89 bits per heavy atom. The van der Waals surface area contributed by atoms with Gasteiger partial charge in [-0.05, 0) is 18.4 Å². The first kappa shape index (κ1) is 14.5. The molecule has 0 fully saturated rings. The van der Waals surface area contributed by atoms with Crippen molar-refractivity contribution in [3.8, 4) is 0 Å². The van der Waals surface area contributed by atoms with Crippen molar-refractivity contribution in [2.24, 2.45) is 5.73 Å². The summed E-state index contributed by atoms with van der Waals surface area (Å²) >= 11 is 0. The minimum atomic E-state index is -0.108. The minimum Gasteiger partial charge on any atom is -0.338 e. The molecule has 4 heteroatoms. The molecule has 1 aromatic rings. The van der Waals surface area contributed by atoms with Gasteiger partial charge in [0, 0.05) is 19.1 Å². The fourth-order valence-corrected chi connectivity index (χ4v) is 1.65. The lowest BCUT2D eigenvalue weighted by Crippen LogP contribution is -2.37. The number of amides is 2. The van der Waals surface area contributed by atoms with Crippen LogP contribution < -0.4 is 16.4 Å². The van der Waals surface area contributed by atoms with Gasteiger partial charge in [0.2, 0.25) is 0 Å². The first-order valence-electron chi connectivity index (χ1n) is 6.56. The average molecular weight is 249 g/mol. The topological polar surface area (TPSA) is 67.2 Å². The number of urea groups is 1. The summed E-state index contributed by atoms with van der Waals surface area (Å²) in [5, 5.41) is 5.62. The first-order chi connectivity index (χ1) is 8.74. The van der Waals surface area contributed by atoms with Crippen molar-refractivity contribution < 1.29 is 4.79 Å². The third kappa shape index (κ3) is 5.68. The van der Waals surface area contributed by atoms with Crippen LogP contribution in [0, 0.1) is 0 Å². The Bertz CT molecular complexity index is 340. The number of carbonyl (C=O) groups excluding carboxylic acids is 1. The molecule has 1 atom stereocenters. The lowest BCUT2D eigenvalue weighted by molar-refractivity contribution is 0.240. The van der Waals surface area contributed by atoms with Crippen molar-refractivity contribution in [2.45, 2.75) is 32.2 Å². The molecule has 4 nitrogen and oxygen atoms in total. The van der Waals surface area contributed by atoms with Gasteiger partial charge in [-0.3, -0.25) is 0 Å². The van der Waals surface area contributed by atoms with E-state index in [0.29, 0.717) is 6.54 Å². The predicted molar refractivity (Wildman–Crippen MR) is 74.3 cm³/mol. The number of rotatable bonds is 7. The summed E-state index contributed by atoms with van der Waals surface area (Å²) in [5.74, 6) is 0. The molecular formula is C14H23N3O. The summed E-state index contributed by atoms with van der Waals surface area (Å²) in [6.07, 6.45) is 2.83. The summed E-state index contributed by atoms with van der Waals surface area (Å²) in [4.78, 5) is 11.4. The lowest BCUT2D eigenvalue weighted by atomic mass is 10.1. The normalized spacial score (nSPS) is 11.9. The van der Waals surface area contributed by atoms with E-state index in [2.05, 4.69) is 17.6 Å². The molecule has 0 bridgehead atoms. The molecule has 0 radical (unpaired) electrons. The second-order valence-electron chi connectivity index (χ2n) is 4.34. The van der Waals surface area contributed by atoms with Crippen LogP contribution in [0.5, 0.6) is 0 Å². The van der Waals surface area contributed by atoms with Crippen molar-refractivity contribution in [1.82, 2.24) is 10.6 Å². The zero-order valence-corrected chi connectivity index (χ0v) is 11.0. The van der Waals surface area contributed by atoms with E-state index in [0.717, 1.165) is 31.4 Å². The molecule has 0 saturated heterocycles. The van der Waals surface area contributed by atoms with Crippen LogP contribution in [-0.4, -0.2) is 19.1 Å². The second kappa shape index (κ2) is 8.53. The second-order valence-corrected chi connectivity index (χ2v) is 4.34. The molecule has 4 N–H and O–H groups in total. The Kier molecular flexibility index (Phi) is 6.87. The molecule has 0 aliphatic rings. The Labute approximate surface area is 109 Å². The standard InChI is InChI=1S/C14H23N3O/c1-2-3-10-16-14(18)17-11-9-13(15)12-7-5-4-6-8-12/h4-8,13H,2-3,9-11,15H2,1H3,(H2,16,17,18). The molecule has 100 valence electrons. The summed E-state index contributed by atoms with van der Waals surface area (Å²) in [6.45, 7) is 3.42. The molecule has 0 saturated carbocycles. The molecule has 2 amide bonds. The van der Waals surface area contributed by atoms with E-state index in [-0.39, 0.29) is 12.1 Å². The fourth-order valence-electron chi connectivity index (χ4n) is 1.65. The van der Waals surface area contributed by atoms with E-state index in [4.69, 9.17) is 5.73 Å². The van der Waals surface area contributed by atoms with Gasteiger partial charge in [0.1, 0.15) is 0 Å². The quantitative estimate of drug-likeness (QED) is 0.648. The Balaban J connectivity index is 2.16.